The van der Waals surface area contributed by atoms with E-state index in [1.54, 1.807) is 11.8 Å². The Balaban J connectivity index is 2.94. The van der Waals surface area contributed by atoms with Gasteiger partial charge in [-0.3, -0.25) is 4.68 Å². The molecule has 4 nitrogen and oxygen atoms in total. The number of aryl methyl sites for hydroxylation is 1. The van der Waals surface area contributed by atoms with E-state index < -0.39 is 0 Å². The second kappa shape index (κ2) is 4.77. The highest BCUT2D eigenvalue weighted by Gasteiger charge is 2.34. The molecule has 2 N–H and O–H groups in total. The molecule has 86 valence electrons. The first kappa shape index (κ1) is 12.2. The summed E-state index contributed by atoms with van der Waals surface area (Å²) in [5.41, 5.74) is 7.00. The zero-order chi connectivity index (χ0) is 11.5. The molecule has 1 aromatic rings. The molecule has 1 unspecified atom stereocenters. The number of aromatic nitrogens is 2. The average molecular weight is 211 g/mol. The maximum Gasteiger partial charge on any atom is 0.0866 e. The van der Waals surface area contributed by atoms with Gasteiger partial charge in [-0.05, 0) is 12.8 Å². The lowest BCUT2D eigenvalue weighted by atomic mass is 9.85. The summed E-state index contributed by atoms with van der Waals surface area (Å²) in [7, 11) is 3.62. The van der Waals surface area contributed by atoms with Crippen LogP contribution in [0.15, 0.2) is 12.4 Å². The summed E-state index contributed by atoms with van der Waals surface area (Å²) in [4.78, 5) is 0. The predicted octanol–water partition coefficient (Wildman–Crippen LogP) is 1.63. The van der Waals surface area contributed by atoms with Gasteiger partial charge in [0.2, 0.25) is 0 Å². The molecular weight excluding hydrogens is 190 g/mol. The van der Waals surface area contributed by atoms with Crippen LogP contribution in [0.4, 0.5) is 0 Å². The molecule has 0 bridgehead atoms. The van der Waals surface area contributed by atoms with Crippen molar-refractivity contribution in [1.29, 1.82) is 0 Å². The molecular formula is C11H21N3O. The zero-order valence-electron chi connectivity index (χ0n) is 10.0. The molecule has 0 aliphatic rings. The molecule has 4 heteroatoms. The van der Waals surface area contributed by atoms with E-state index in [-0.39, 0.29) is 11.6 Å². The van der Waals surface area contributed by atoms with Crippen molar-refractivity contribution in [2.75, 3.05) is 7.11 Å². The van der Waals surface area contributed by atoms with Gasteiger partial charge in [-0.15, -0.1) is 0 Å². The standard InChI is InChI=1S/C11H21N3O/c1-5-11(6-2,15-4)10(12)9-7-13-14(3)8-9/h7-8,10H,5-6,12H2,1-4H3. The monoisotopic (exact) mass is 211 g/mol. The Morgan fingerprint density at radius 2 is 2.13 bits per heavy atom. The Bertz CT molecular complexity index is 296. The molecule has 1 atom stereocenters. The van der Waals surface area contributed by atoms with E-state index in [1.165, 1.54) is 0 Å². The highest BCUT2D eigenvalue weighted by Crippen LogP contribution is 2.32. The number of nitrogens with zero attached hydrogens (tertiary/aromatic N) is 2. The van der Waals surface area contributed by atoms with Gasteiger partial charge in [0.25, 0.3) is 0 Å². The van der Waals surface area contributed by atoms with Crippen LogP contribution in [0.25, 0.3) is 0 Å². The lowest BCUT2D eigenvalue weighted by Gasteiger charge is -2.35. The average Bonchev–Trinajstić information content (AvgIpc) is 2.68. The van der Waals surface area contributed by atoms with Crippen LogP contribution in [0.1, 0.15) is 38.3 Å². The molecule has 0 saturated heterocycles. The zero-order valence-corrected chi connectivity index (χ0v) is 10.0. The number of rotatable bonds is 5. The highest BCUT2D eigenvalue weighted by molar-refractivity contribution is 5.15. The minimum atomic E-state index is -0.275. The number of ether oxygens (including phenoxy) is 1. The van der Waals surface area contributed by atoms with Crippen LogP contribution < -0.4 is 5.73 Å². The van der Waals surface area contributed by atoms with Crippen molar-refractivity contribution in [2.45, 2.75) is 38.3 Å². The van der Waals surface area contributed by atoms with E-state index in [2.05, 4.69) is 18.9 Å². The van der Waals surface area contributed by atoms with Crippen LogP contribution in [0.2, 0.25) is 0 Å². The van der Waals surface area contributed by atoms with Crippen molar-refractivity contribution < 1.29 is 4.74 Å². The van der Waals surface area contributed by atoms with Gasteiger partial charge in [0, 0.05) is 25.9 Å². The van der Waals surface area contributed by atoms with Crippen LogP contribution >= 0.6 is 0 Å². The van der Waals surface area contributed by atoms with E-state index in [9.17, 15) is 0 Å². The fourth-order valence-electron chi connectivity index (χ4n) is 2.01. The van der Waals surface area contributed by atoms with Crippen molar-refractivity contribution in [1.82, 2.24) is 9.78 Å². The summed E-state index contributed by atoms with van der Waals surface area (Å²) in [5.74, 6) is 0. The fourth-order valence-corrected chi connectivity index (χ4v) is 2.01. The van der Waals surface area contributed by atoms with Gasteiger partial charge in [-0.25, -0.2) is 0 Å². The third-order valence-corrected chi connectivity index (χ3v) is 3.25. The van der Waals surface area contributed by atoms with Crippen molar-refractivity contribution in [3.8, 4) is 0 Å². The largest absolute Gasteiger partial charge is 0.376 e. The summed E-state index contributed by atoms with van der Waals surface area (Å²) < 4.78 is 7.36. The minimum Gasteiger partial charge on any atom is -0.376 e. The van der Waals surface area contributed by atoms with E-state index >= 15 is 0 Å². The van der Waals surface area contributed by atoms with Gasteiger partial charge in [-0.1, -0.05) is 13.8 Å². The summed E-state index contributed by atoms with van der Waals surface area (Å²) in [5, 5.41) is 4.14. The second-order valence-corrected chi connectivity index (χ2v) is 3.90. The molecule has 0 aromatic carbocycles. The Labute approximate surface area is 91.4 Å². The normalized spacial score (nSPS) is 14.2. The van der Waals surface area contributed by atoms with Crippen molar-refractivity contribution in [3.05, 3.63) is 18.0 Å². The second-order valence-electron chi connectivity index (χ2n) is 3.90. The van der Waals surface area contributed by atoms with Gasteiger partial charge in [0.05, 0.1) is 17.8 Å². The van der Waals surface area contributed by atoms with E-state index in [0.29, 0.717) is 0 Å². The first-order valence-electron chi connectivity index (χ1n) is 5.39. The van der Waals surface area contributed by atoms with Crippen LogP contribution in [-0.4, -0.2) is 22.5 Å². The number of nitrogens with two attached hydrogens (primary N) is 1. The maximum atomic E-state index is 6.24. The number of methoxy groups -OCH3 is 1. The molecule has 1 rings (SSSR count). The molecule has 0 spiro atoms. The predicted molar refractivity (Wildman–Crippen MR) is 60.5 cm³/mol. The lowest BCUT2D eigenvalue weighted by molar-refractivity contribution is -0.0385. The van der Waals surface area contributed by atoms with Gasteiger partial charge in [-0.2, -0.15) is 5.10 Å². The van der Waals surface area contributed by atoms with Crippen molar-refractivity contribution in [2.24, 2.45) is 12.8 Å². The van der Waals surface area contributed by atoms with Crippen LogP contribution in [0.5, 0.6) is 0 Å². The molecule has 0 fully saturated rings. The Morgan fingerprint density at radius 1 is 1.53 bits per heavy atom. The SMILES string of the molecule is CCC(CC)(OC)C(N)c1cnn(C)c1. The molecule has 0 aliphatic heterocycles. The minimum absolute atomic E-state index is 0.119. The summed E-state index contributed by atoms with van der Waals surface area (Å²) in [6.07, 6.45) is 5.56. The van der Waals surface area contributed by atoms with E-state index in [0.717, 1.165) is 18.4 Å². The van der Waals surface area contributed by atoms with Gasteiger partial charge in [0.15, 0.2) is 0 Å². The molecule has 15 heavy (non-hydrogen) atoms. The lowest BCUT2D eigenvalue weighted by Crippen LogP contribution is -2.41. The van der Waals surface area contributed by atoms with Crippen LogP contribution in [0, 0.1) is 0 Å². The molecule has 0 saturated carbocycles. The number of hydrogen-bond acceptors (Lipinski definition) is 3. The summed E-state index contributed by atoms with van der Waals surface area (Å²) in [6, 6.07) is -0.119. The van der Waals surface area contributed by atoms with Crippen molar-refractivity contribution >= 4 is 0 Å². The Hall–Kier alpha value is -0.870. The van der Waals surface area contributed by atoms with Gasteiger partial charge in [0.1, 0.15) is 0 Å². The topological polar surface area (TPSA) is 53.1 Å². The summed E-state index contributed by atoms with van der Waals surface area (Å²) in [6.45, 7) is 4.20. The highest BCUT2D eigenvalue weighted by atomic mass is 16.5. The first-order chi connectivity index (χ1) is 7.09. The van der Waals surface area contributed by atoms with Gasteiger partial charge >= 0.3 is 0 Å². The third-order valence-electron chi connectivity index (χ3n) is 3.25. The van der Waals surface area contributed by atoms with Gasteiger partial charge < -0.3 is 10.5 Å². The smallest absolute Gasteiger partial charge is 0.0866 e. The Morgan fingerprint density at radius 3 is 2.47 bits per heavy atom. The molecule has 1 aromatic heterocycles. The quantitative estimate of drug-likeness (QED) is 0.805. The van der Waals surface area contributed by atoms with E-state index in [1.807, 2.05) is 19.4 Å². The van der Waals surface area contributed by atoms with Crippen LogP contribution in [0.3, 0.4) is 0 Å². The molecule has 1 heterocycles. The fraction of sp³-hybridized carbons (Fsp3) is 0.727. The Kier molecular flexibility index (Phi) is 3.88. The number of hydrogen-bond donors (Lipinski definition) is 1. The third kappa shape index (κ3) is 2.21. The maximum absolute atomic E-state index is 6.24. The molecule has 0 amide bonds. The van der Waals surface area contributed by atoms with Crippen molar-refractivity contribution in [3.63, 3.8) is 0 Å². The van der Waals surface area contributed by atoms with E-state index in [4.69, 9.17) is 10.5 Å². The molecule has 0 radical (unpaired) electrons. The molecule has 0 aliphatic carbocycles. The summed E-state index contributed by atoms with van der Waals surface area (Å²) >= 11 is 0. The first-order valence-corrected chi connectivity index (χ1v) is 5.39. The van der Waals surface area contributed by atoms with Crippen LogP contribution in [-0.2, 0) is 11.8 Å².